The van der Waals surface area contributed by atoms with Crippen LogP contribution in [-0.4, -0.2) is 10.8 Å². The van der Waals surface area contributed by atoms with Crippen molar-refractivity contribution in [2.24, 2.45) is 0 Å². The third-order valence-electron chi connectivity index (χ3n) is 2.31. The van der Waals surface area contributed by atoms with Crippen LogP contribution in [0.3, 0.4) is 0 Å². The van der Waals surface area contributed by atoms with Gasteiger partial charge in [0, 0.05) is 26.4 Å². The van der Waals surface area contributed by atoms with Gasteiger partial charge in [0.25, 0.3) is 0 Å². The maximum Gasteiger partial charge on any atom is 0.168 e. The molecule has 0 N–H and O–H groups in total. The van der Waals surface area contributed by atoms with E-state index < -0.39 is 5.82 Å². The van der Waals surface area contributed by atoms with E-state index in [1.807, 2.05) is 6.07 Å². The molecule has 0 fully saturated rings. The number of carbonyl (C=O) groups is 1. The van der Waals surface area contributed by atoms with Crippen LogP contribution in [0.2, 0.25) is 0 Å². The minimum absolute atomic E-state index is 0.156. The van der Waals surface area contributed by atoms with E-state index in [1.54, 1.807) is 18.3 Å². The topological polar surface area (TPSA) is 30.0 Å². The molecule has 2 rings (SSSR count). The van der Waals surface area contributed by atoms with Gasteiger partial charge in [-0.3, -0.25) is 9.78 Å². The molecule has 0 aliphatic heterocycles. The first-order valence-electron chi connectivity index (χ1n) is 5.14. The number of hydrogen-bond acceptors (Lipinski definition) is 2. The molecule has 2 nitrogen and oxygen atoms in total. The summed E-state index contributed by atoms with van der Waals surface area (Å²) in [6, 6.07) is 7.72. The van der Waals surface area contributed by atoms with Crippen molar-refractivity contribution in [3.8, 4) is 0 Å². The first-order valence-corrected chi connectivity index (χ1v) is 6.73. The molecular weight excluding hydrogens is 365 g/mol. The van der Waals surface area contributed by atoms with Crippen molar-refractivity contribution in [1.82, 2.24) is 4.98 Å². The van der Waals surface area contributed by atoms with Gasteiger partial charge >= 0.3 is 0 Å². The van der Waals surface area contributed by atoms with Crippen LogP contribution >= 0.6 is 31.9 Å². The summed E-state index contributed by atoms with van der Waals surface area (Å²) in [7, 11) is 0. The monoisotopic (exact) mass is 371 g/mol. The van der Waals surface area contributed by atoms with E-state index in [0.717, 1.165) is 4.47 Å². The van der Waals surface area contributed by atoms with Crippen LogP contribution in [0.25, 0.3) is 0 Å². The lowest BCUT2D eigenvalue weighted by Gasteiger charge is -2.02. The summed E-state index contributed by atoms with van der Waals surface area (Å²) in [4.78, 5) is 16.1. The first kappa shape index (κ1) is 13.4. The SMILES string of the molecule is O=C(Cc1ccc(Br)cn1)c1cc(F)cc(Br)c1. The highest BCUT2D eigenvalue weighted by Crippen LogP contribution is 2.17. The molecule has 1 aromatic carbocycles. The summed E-state index contributed by atoms with van der Waals surface area (Å²) < 4.78 is 14.6. The molecule has 0 radical (unpaired) electrons. The zero-order valence-corrected chi connectivity index (χ0v) is 12.3. The van der Waals surface area contributed by atoms with Gasteiger partial charge in [-0.05, 0) is 46.3 Å². The average Bonchev–Trinajstić information content (AvgIpc) is 2.31. The van der Waals surface area contributed by atoms with Gasteiger partial charge in [-0.25, -0.2) is 4.39 Å². The molecule has 0 unspecified atom stereocenters. The fourth-order valence-corrected chi connectivity index (χ4v) is 2.19. The zero-order valence-electron chi connectivity index (χ0n) is 9.16. The maximum absolute atomic E-state index is 13.2. The molecule has 2 aromatic rings. The Balaban J connectivity index is 2.19. The Bertz CT molecular complexity index is 564. The number of benzene rings is 1. The van der Waals surface area contributed by atoms with Crippen LogP contribution in [0.1, 0.15) is 16.1 Å². The number of rotatable bonds is 3. The van der Waals surface area contributed by atoms with Crippen LogP contribution in [-0.2, 0) is 6.42 Å². The van der Waals surface area contributed by atoms with E-state index >= 15 is 0 Å². The molecule has 0 saturated heterocycles. The number of ketones is 1. The van der Waals surface area contributed by atoms with Crippen molar-refractivity contribution in [3.05, 3.63) is 62.5 Å². The molecule has 92 valence electrons. The van der Waals surface area contributed by atoms with Gasteiger partial charge in [-0.1, -0.05) is 15.9 Å². The minimum atomic E-state index is -0.434. The number of hydrogen-bond donors (Lipinski definition) is 0. The van der Waals surface area contributed by atoms with Gasteiger partial charge in [0.15, 0.2) is 5.78 Å². The summed E-state index contributed by atoms with van der Waals surface area (Å²) in [5.41, 5.74) is 0.996. The Morgan fingerprint density at radius 3 is 2.56 bits per heavy atom. The van der Waals surface area contributed by atoms with E-state index in [-0.39, 0.29) is 12.2 Å². The number of halogens is 3. The minimum Gasteiger partial charge on any atom is -0.294 e. The molecule has 0 saturated carbocycles. The predicted octanol–water partition coefficient (Wildman–Crippen LogP) is 4.17. The average molecular weight is 373 g/mol. The fraction of sp³-hybridized carbons (Fsp3) is 0.0769. The van der Waals surface area contributed by atoms with Crippen LogP contribution < -0.4 is 0 Å². The Morgan fingerprint density at radius 1 is 1.17 bits per heavy atom. The Kier molecular flexibility index (Phi) is 4.24. The lowest BCUT2D eigenvalue weighted by atomic mass is 10.1. The van der Waals surface area contributed by atoms with Gasteiger partial charge < -0.3 is 0 Å². The Labute approximate surface area is 121 Å². The van der Waals surface area contributed by atoms with Crippen LogP contribution in [0.5, 0.6) is 0 Å². The Hall–Kier alpha value is -1.07. The molecule has 1 aromatic heterocycles. The van der Waals surface area contributed by atoms with Crippen LogP contribution in [0.15, 0.2) is 45.5 Å². The van der Waals surface area contributed by atoms with E-state index in [1.165, 1.54) is 12.1 Å². The van der Waals surface area contributed by atoms with Crippen molar-refractivity contribution in [2.45, 2.75) is 6.42 Å². The molecule has 0 amide bonds. The van der Waals surface area contributed by atoms with Crippen molar-refractivity contribution in [1.29, 1.82) is 0 Å². The van der Waals surface area contributed by atoms with Crippen molar-refractivity contribution < 1.29 is 9.18 Å². The number of Topliss-reactive ketones (excluding diaryl/α,β-unsaturated/α-hetero) is 1. The number of carbonyl (C=O) groups excluding carboxylic acids is 1. The van der Waals surface area contributed by atoms with Gasteiger partial charge in [0.1, 0.15) is 5.82 Å². The smallest absolute Gasteiger partial charge is 0.168 e. The molecule has 0 spiro atoms. The summed E-state index contributed by atoms with van der Waals surface area (Å²) in [6.45, 7) is 0. The Morgan fingerprint density at radius 2 is 1.94 bits per heavy atom. The summed E-state index contributed by atoms with van der Waals surface area (Å²) in [5, 5.41) is 0. The van der Waals surface area contributed by atoms with E-state index in [4.69, 9.17) is 0 Å². The van der Waals surface area contributed by atoms with Gasteiger partial charge in [-0.2, -0.15) is 0 Å². The molecule has 0 aliphatic rings. The number of nitrogens with zero attached hydrogens (tertiary/aromatic N) is 1. The predicted molar refractivity (Wildman–Crippen MR) is 74.1 cm³/mol. The second-order valence-electron chi connectivity index (χ2n) is 3.73. The van der Waals surface area contributed by atoms with Crippen molar-refractivity contribution in [2.75, 3.05) is 0 Å². The second kappa shape index (κ2) is 5.71. The van der Waals surface area contributed by atoms with Crippen molar-refractivity contribution >= 4 is 37.6 Å². The van der Waals surface area contributed by atoms with E-state index in [9.17, 15) is 9.18 Å². The van der Waals surface area contributed by atoms with E-state index in [2.05, 4.69) is 36.8 Å². The summed E-state index contributed by atoms with van der Waals surface area (Å²) in [5.74, 6) is -0.596. The lowest BCUT2D eigenvalue weighted by molar-refractivity contribution is 0.0991. The third-order valence-corrected chi connectivity index (χ3v) is 3.24. The quantitative estimate of drug-likeness (QED) is 0.757. The third kappa shape index (κ3) is 3.46. The first-order chi connectivity index (χ1) is 8.54. The van der Waals surface area contributed by atoms with Crippen molar-refractivity contribution in [3.63, 3.8) is 0 Å². The molecule has 0 bridgehead atoms. The molecular formula is C13H8Br2FNO. The largest absolute Gasteiger partial charge is 0.294 e. The fourth-order valence-electron chi connectivity index (χ4n) is 1.49. The van der Waals surface area contributed by atoms with Gasteiger partial charge in [0.05, 0.1) is 6.42 Å². The van der Waals surface area contributed by atoms with Gasteiger partial charge in [-0.15, -0.1) is 0 Å². The summed E-state index contributed by atoms with van der Waals surface area (Å²) in [6.07, 6.45) is 1.78. The second-order valence-corrected chi connectivity index (χ2v) is 5.56. The maximum atomic E-state index is 13.2. The van der Waals surface area contributed by atoms with Gasteiger partial charge in [0.2, 0.25) is 0 Å². The normalized spacial score (nSPS) is 10.4. The molecule has 5 heteroatoms. The number of pyridine rings is 1. The highest BCUT2D eigenvalue weighted by atomic mass is 79.9. The highest BCUT2D eigenvalue weighted by Gasteiger charge is 2.10. The lowest BCUT2D eigenvalue weighted by Crippen LogP contribution is -2.05. The molecule has 18 heavy (non-hydrogen) atoms. The summed E-state index contributed by atoms with van der Waals surface area (Å²) >= 11 is 6.43. The standard InChI is InChI=1S/C13H8Br2FNO/c14-9-1-2-12(17-7-9)6-13(18)8-3-10(15)5-11(16)4-8/h1-5,7H,6H2. The highest BCUT2D eigenvalue weighted by molar-refractivity contribution is 9.10. The van der Waals surface area contributed by atoms with Crippen LogP contribution in [0, 0.1) is 5.82 Å². The molecule has 0 atom stereocenters. The van der Waals surface area contributed by atoms with Crippen LogP contribution in [0.4, 0.5) is 4.39 Å². The molecule has 1 heterocycles. The van der Waals surface area contributed by atoms with E-state index in [0.29, 0.717) is 15.7 Å². The molecule has 0 aliphatic carbocycles. The zero-order chi connectivity index (χ0) is 13.1. The number of aromatic nitrogens is 1.